The molecule has 0 aliphatic carbocycles. The summed E-state index contributed by atoms with van der Waals surface area (Å²) in [7, 11) is 2.90. The van der Waals surface area contributed by atoms with Crippen molar-refractivity contribution in [3.63, 3.8) is 0 Å². The number of piperidine rings is 1. The monoisotopic (exact) mass is 281 g/mol. The number of carbonyl (C=O) groups is 1. The molecule has 110 valence electrons. The van der Waals surface area contributed by atoms with Gasteiger partial charge in [-0.3, -0.25) is 9.69 Å². The maximum Gasteiger partial charge on any atom is 0.323 e. The van der Waals surface area contributed by atoms with Gasteiger partial charge in [0.25, 0.3) is 0 Å². The van der Waals surface area contributed by atoms with Crippen molar-refractivity contribution in [3.8, 4) is 5.75 Å². The van der Waals surface area contributed by atoms with E-state index in [1.54, 1.807) is 12.1 Å². The number of benzene rings is 1. The third kappa shape index (κ3) is 3.28. The van der Waals surface area contributed by atoms with Gasteiger partial charge in [0.05, 0.1) is 14.2 Å². The molecule has 0 spiro atoms. The minimum Gasteiger partial charge on any atom is -0.497 e. The minimum atomic E-state index is -0.307. The summed E-state index contributed by atoms with van der Waals surface area (Å²) < 4.78 is 23.8. The van der Waals surface area contributed by atoms with E-state index in [1.165, 1.54) is 20.3 Å². The Morgan fingerprint density at radius 3 is 2.85 bits per heavy atom. The number of hydrogen-bond acceptors (Lipinski definition) is 4. The highest BCUT2D eigenvalue weighted by Crippen LogP contribution is 2.23. The van der Waals surface area contributed by atoms with Crippen LogP contribution < -0.4 is 4.74 Å². The van der Waals surface area contributed by atoms with E-state index in [-0.39, 0.29) is 17.8 Å². The fourth-order valence-electron chi connectivity index (χ4n) is 2.59. The van der Waals surface area contributed by atoms with E-state index in [4.69, 9.17) is 9.47 Å². The highest BCUT2D eigenvalue weighted by atomic mass is 19.1. The maximum atomic E-state index is 14.0. The van der Waals surface area contributed by atoms with Crippen molar-refractivity contribution in [2.45, 2.75) is 31.8 Å². The normalized spacial score (nSPS) is 19.6. The van der Waals surface area contributed by atoms with Gasteiger partial charge in [-0.05, 0) is 25.5 Å². The van der Waals surface area contributed by atoms with Gasteiger partial charge in [0.2, 0.25) is 0 Å². The number of ether oxygens (including phenoxy) is 2. The summed E-state index contributed by atoms with van der Waals surface area (Å²) >= 11 is 0. The molecule has 1 aromatic carbocycles. The molecule has 20 heavy (non-hydrogen) atoms. The van der Waals surface area contributed by atoms with Crippen LogP contribution in [0.1, 0.15) is 24.8 Å². The van der Waals surface area contributed by atoms with Crippen LogP contribution in [0, 0.1) is 5.82 Å². The Bertz CT molecular complexity index is 478. The van der Waals surface area contributed by atoms with Gasteiger partial charge in [0, 0.05) is 18.2 Å². The van der Waals surface area contributed by atoms with Crippen molar-refractivity contribution in [3.05, 3.63) is 29.6 Å². The van der Waals surface area contributed by atoms with Gasteiger partial charge in [-0.15, -0.1) is 0 Å². The molecule has 5 heteroatoms. The van der Waals surface area contributed by atoms with Crippen LogP contribution in [0.5, 0.6) is 5.75 Å². The van der Waals surface area contributed by atoms with Gasteiger partial charge in [0.1, 0.15) is 17.6 Å². The number of hydrogen-bond donors (Lipinski definition) is 0. The van der Waals surface area contributed by atoms with Crippen LogP contribution in [0.4, 0.5) is 4.39 Å². The zero-order valence-corrected chi connectivity index (χ0v) is 11.9. The van der Waals surface area contributed by atoms with Gasteiger partial charge >= 0.3 is 5.97 Å². The molecule has 1 atom stereocenters. The van der Waals surface area contributed by atoms with Crippen LogP contribution in [0.15, 0.2) is 18.2 Å². The topological polar surface area (TPSA) is 38.8 Å². The second kappa shape index (κ2) is 6.70. The number of carbonyl (C=O) groups excluding carboxylic acids is 1. The van der Waals surface area contributed by atoms with E-state index in [0.29, 0.717) is 17.9 Å². The molecule has 0 amide bonds. The average molecular weight is 281 g/mol. The lowest BCUT2D eigenvalue weighted by atomic mass is 10.0. The number of methoxy groups -OCH3 is 2. The summed E-state index contributed by atoms with van der Waals surface area (Å²) in [5.74, 6) is -0.0495. The lowest BCUT2D eigenvalue weighted by molar-refractivity contribution is -0.148. The smallest absolute Gasteiger partial charge is 0.323 e. The first-order valence-electron chi connectivity index (χ1n) is 6.80. The molecular formula is C15H20FNO3. The molecule has 1 aromatic rings. The molecule has 1 unspecified atom stereocenters. The number of rotatable bonds is 4. The molecular weight excluding hydrogens is 261 g/mol. The van der Waals surface area contributed by atoms with E-state index in [0.717, 1.165) is 25.8 Å². The van der Waals surface area contributed by atoms with Gasteiger partial charge in [-0.1, -0.05) is 12.5 Å². The Morgan fingerprint density at radius 2 is 2.20 bits per heavy atom. The van der Waals surface area contributed by atoms with E-state index in [1.807, 2.05) is 4.90 Å². The zero-order chi connectivity index (χ0) is 14.5. The average Bonchev–Trinajstić information content (AvgIpc) is 2.49. The van der Waals surface area contributed by atoms with Gasteiger partial charge in [0.15, 0.2) is 0 Å². The predicted octanol–water partition coefficient (Wildman–Crippen LogP) is 2.36. The van der Waals surface area contributed by atoms with E-state index < -0.39 is 0 Å². The SMILES string of the molecule is COC(=O)C1CCCCN1Cc1ccc(OC)cc1F. The van der Waals surface area contributed by atoms with Crippen LogP contribution in [0.25, 0.3) is 0 Å². The van der Waals surface area contributed by atoms with Crippen LogP contribution in [0.2, 0.25) is 0 Å². The van der Waals surface area contributed by atoms with Crippen molar-refractivity contribution in [1.29, 1.82) is 0 Å². The Morgan fingerprint density at radius 1 is 1.40 bits per heavy atom. The van der Waals surface area contributed by atoms with Gasteiger partial charge < -0.3 is 9.47 Å². The van der Waals surface area contributed by atoms with E-state index in [9.17, 15) is 9.18 Å². The van der Waals surface area contributed by atoms with Gasteiger partial charge in [-0.25, -0.2) is 4.39 Å². The summed E-state index contributed by atoms with van der Waals surface area (Å²) in [6, 6.07) is 4.54. The Balaban J connectivity index is 2.12. The molecule has 1 saturated heterocycles. The number of likely N-dealkylation sites (tertiary alicyclic amines) is 1. The number of halogens is 1. The zero-order valence-electron chi connectivity index (χ0n) is 11.9. The second-order valence-corrected chi connectivity index (χ2v) is 4.96. The van der Waals surface area contributed by atoms with Crippen molar-refractivity contribution in [1.82, 2.24) is 4.90 Å². The van der Waals surface area contributed by atoms with Crippen molar-refractivity contribution in [2.75, 3.05) is 20.8 Å². The molecule has 4 nitrogen and oxygen atoms in total. The fourth-order valence-corrected chi connectivity index (χ4v) is 2.59. The number of esters is 1. The third-order valence-electron chi connectivity index (χ3n) is 3.72. The maximum absolute atomic E-state index is 14.0. The van der Waals surface area contributed by atoms with Crippen LogP contribution >= 0.6 is 0 Å². The molecule has 1 fully saturated rings. The van der Waals surface area contributed by atoms with E-state index in [2.05, 4.69) is 0 Å². The Kier molecular flexibility index (Phi) is 4.95. The molecule has 1 aliphatic heterocycles. The molecule has 0 saturated carbocycles. The van der Waals surface area contributed by atoms with Crippen molar-refractivity contribution >= 4 is 5.97 Å². The quantitative estimate of drug-likeness (QED) is 0.794. The summed E-state index contributed by atoms with van der Waals surface area (Å²) in [5.41, 5.74) is 0.571. The van der Waals surface area contributed by atoms with Gasteiger partial charge in [-0.2, -0.15) is 0 Å². The predicted molar refractivity (Wildman–Crippen MR) is 73.0 cm³/mol. The minimum absolute atomic E-state index is 0.237. The van der Waals surface area contributed by atoms with Crippen LogP contribution in [-0.4, -0.2) is 37.7 Å². The standard InChI is InChI=1S/C15H20FNO3/c1-19-12-7-6-11(13(16)9-12)10-17-8-4-3-5-14(17)15(18)20-2/h6-7,9,14H,3-5,8,10H2,1-2H3. The molecule has 0 N–H and O–H groups in total. The first-order chi connectivity index (χ1) is 9.65. The number of nitrogens with zero attached hydrogens (tertiary/aromatic N) is 1. The summed E-state index contributed by atoms with van der Waals surface area (Å²) in [4.78, 5) is 13.8. The molecule has 1 aliphatic rings. The Hall–Kier alpha value is -1.62. The third-order valence-corrected chi connectivity index (χ3v) is 3.72. The summed E-state index contributed by atoms with van der Waals surface area (Å²) in [6.07, 6.45) is 2.79. The largest absolute Gasteiger partial charge is 0.497 e. The lowest BCUT2D eigenvalue weighted by Gasteiger charge is -2.33. The first-order valence-corrected chi connectivity index (χ1v) is 6.80. The highest BCUT2D eigenvalue weighted by molar-refractivity contribution is 5.75. The molecule has 0 bridgehead atoms. The second-order valence-electron chi connectivity index (χ2n) is 4.96. The van der Waals surface area contributed by atoms with Crippen LogP contribution in [0.3, 0.4) is 0 Å². The van der Waals surface area contributed by atoms with Crippen molar-refractivity contribution < 1.29 is 18.7 Å². The lowest BCUT2D eigenvalue weighted by Crippen LogP contribution is -2.44. The highest BCUT2D eigenvalue weighted by Gasteiger charge is 2.29. The van der Waals surface area contributed by atoms with E-state index >= 15 is 0 Å². The first kappa shape index (κ1) is 14.8. The molecule has 0 aromatic heterocycles. The van der Waals surface area contributed by atoms with Crippen LogP contribution in [-0.2, 0) is 16.1 Å². The van der Waals surface area contributed by atoms with Crippen molar-refractivity contribution in [2.24, 2.45) is 0 Å². The fraction of sp³-hybridized carbons (Fsp3) is 0.533. The Labute approximate surface area is 118 Å². The molecule has 1 heterocycles. The molecule has 2 rings (SSSR count). The summed E-state index contributed by atoms with van der Waals surface area (Å²) in [6.45, 7) is 1.20. The molecule has 0 radical (unpaired) electrons. The summed E-state index contributed by atoms with van der Waals surface area (Å²) in [5, 5.41) is 0.